The number of carbonyl (C=O) groups is 1. The van der Waals surface area contributed by atoms with E-state index in [1.165, 1.54) is 31.2 Å². The number of amides is 1. The van der Waals surface area contributed by atoms with Crippen LogP contribution in [0.5, 0.6) is 5.75 Å². The minimum absolute atomic E-state index is 0.309. The molecule has 0 spiro atoms. The van der Waals surface area contributed by atoms with Crippen LogP contribution in [0.3, 0.4) is 0 Å². The predicted molar refractivity (Wildman–Crippen MR) is 115 cm³/mol. The Balaban J connectivity index is 1.16. The largest absolute Gasteiger partial charge is 0.497 e. The van der Waals surface area contributed by atoms with Gasteiger partial charge in [0.2, 0.25) is 5.91 Å². The van der Waals surface area contributed by atoms with Crippen molar-refractivity contribution in [1.82, 2.24) is 19.6 Å². The molecule has 160 valence electrons. The van der Waals surface area contributed by atoms with Crippen LogP contribution in [0.1, 0.15) is 31.2 Å². The molecular weight excluding hydrogens is 364 g/mol. The van der Waals surface area contributed by atoms with E-state index in [1.807, 2.05) is 12.1 Å². The van der Waals surface area contributed by atoms with Crippen molar-refractivity contribution in [3.05, 3.63) is 29.8 Å². The quantitative estimate of drug-likeness (QED) is 0.729. The fraction of sp³-hybridized carbons (Fsp3) is 0.696. The molecule has 1 aliphatic carbocycles. The van der Waals surface area contributed by atoms with Crippen molar-refractivity contribution in [2.24, 2.45) is 0 Å². The van der Waals surface area contributed by atoms with Crippen LogP contribution in [-0.4, -0.2) is 97.6 Å². The molecule has 3 fully saturated rings. The molecule has 0 atom stereocenters. The number of nitrogens with zero attached hydrogens (tertiary/aromatic N) is 4. The molecule has 2 aliphatic heterocycles. The van der Waals surface area contributed by atoms with Crippen molar-refractivity contribution < 1.29 is 9.53 Å². The minimum Gasteiger partial charge on any atom is -0.497 e. The van der Waals surface area contributed by atoms with E-state index in [-0.39, 0.29) is 0 Å². The van der Waals surface area contributed by atoms with Crippen molar-refractivity contribution in [1.29, 1.82) is 0 Å². The first-order chi connectivity index (χ1) is 14.2. The predicted octanol–water partition coefficient (Wildman–Crippen LogP) is 1.90. The van der Waals surface area contributed by atoms with Crippen LogP contribution in [0, 0.1) is 0 Å². The van der Waals surface area contributed by atoms with Crippen LogP contribution >= 0.6 is 0 Å². The summed E-state index contributed by atoms with van der Waals surface area (Å²) in [7, 11) is 1.70. The van der Waals surface area contributed by atoms with E-state index in [2.05, 4.69) is 31.7 Å². The van der Waals surface area contributed by atoms with E-state index in [1.54, 1.807) is 7.11 Å². The average Bonchev–Trinajstić information content (AvgIpc) is 3.30. The van der Waals surface area contributed by atoms with E-state index >= 15 is 0 Å². The van der Waals surface area contributed by atoms with Gasteiger partial charge in [0, 0.05) is 64.9 Å². The monoisotopic (exact) mass is 400 g/mol. The maximum Gasteiger partial charge on any atom is 0.236 e. The normalized spacial score (nSPS) is 22.9. The van der Waals surface area contributed by atoms with Gasteiger partial charge in [-0.1, -0.05) is 25.0 Å². The Labute approximate surface area is 175 Å². The van der Waals surface area contributed by atoms with Crippen molar-refractivity contribution in [2.75, 3.05) is 66.0 Å². The molecular formula is C23H36N4O2. The zero-order valence-corrected chi connectivity index (χ0v) is 17.9. The SMILES string of the molecule is COc1ccc(CN2CCN(C(=O)CN3CCN(C4CCCC4)CC3)CC2)cc1. The van der Waals surface area contributed by atoms with Gasteiger partial charge in [-0.15, -0.1) is 0 Å². The molecule has 3 aliphatic rings. The molecule has 0 bridgehead atoms. The molecule has 0 unspecified atom stereocenters. The lowest BCUT2D eigenvalue weighted by Crippen LogP contribution is -2.54. The van der Waals surface area contributed by atoms with Gasteiger partial charge in [0.15, 0.2) is 0 Å². The lowest BCUT2D eigenvalue weighted by atomic mass is 10.1. The maximum atomic E-state index is 12.8. The molecule has 6 heteroatoms. The molecule has 0 aromatic heterocycles. The minimum atomic E-state index is 0.309. The molecule has 1 amide bonds. The summed E-state index contributed by atoms with van der Waals surface area (Å²) >= 11 is 0. The van der Waals surface area contributed by atoms with Crippen LogP contribution < -0.4 is 4.74 Å². The van der Waals surface area contributed by atoms with Gasteiger partial charge in [0.1, 0.15) is 5.75 Å². The van der Waals surface area contributed by atoms with Gasteiger partial charge in [-0.25, -0.2) is 0 Å². The first-order valence-corrected chi connectivity index (χ1v) is 11.3. The van der Waals surface area contributed by atoms with Crippen molar-refractivity contribution in [3.63, 3.8) is 0 Å². The Hall–Kier alpha value is -1.63. The highest BCUT2D eigenvalue weighted by atomic mass is 16.5. The van der Waals surface area contributed by atoms with Crippen LogP contribution in [0.4, 0.5) is 0 Å². The fourth-order valence-corrected chi connectivity index (χ4v) is 4.99. The molecule has 29 heavy (non-hydrogen) atoms. The molecule has 4 rings (SSSR count). The summed E-state index contributed by atoms with van der Waals surface area (Å²) in [6, 6.07) is 9.10. The highest BCUT2D eigenvalue weighted by molar-refractivity contribution is 5.78. The summed E-state index contributed by atoms with van der Waals surface area (Å²) in [6.45, 7) is 9.47. The topological polar surface area (TPSA) is 39.3 Å². The van der Waals surface area contributed by atoms with Crippen LogP contribution in [0.15, 0.2) is 24.3 Å². The maximum absolute atomic E-state index is 12.8. The fourth-order valence-electron chi connectivity index (χ4n) is 4.99. The molecule has 1 aromatic rings. The third kappa shape index (κ3) is 5.50. The Morgan fingerprint density at radius 1 is 0.897 bits per heavy atom. The van der Waals surface area contributed by atoms with Crippen molar-refractivity contribution >= 4 is 5.91 Å². The molecule has 6 nitrogen and oxygen atoms in total. The van der Waals surface area contributed by atoms with Gasteiger partial charge in [-0.3, -0.25) is 19.5 Å². The highest BCUT2D eigenvalue weighted by Gasteiger charge is 2.28. The number of carbonyl (C=O) groups excluding carboxylic acids is 1. The molecule has 2 saturated heterocycles. The molecule has 0 N–H and O–H groups in total. The summed E-state index contributed by atoms with van der Waals surface area (Å²) in [4.78, 5) is 22.3. The summed E-state index contributed by atoms with van der Waals surface area (Å²) in [6.07, 6.45) is 5.54. The second-order valence-corrected chi connectivity index (χ2v) is 8.76. The summed E-state index contributed by atoms with van der Waals surface area (Å²) in [5, 5.41) is 0. The number of hydrogen-bond donors (Lipinski definition) is 0. The Kier molecular flexibility index (Phi) is 7.06. The van der Waals surface area contributed by atoms with Gasteiger partial charge >= 0.3 is 0 Å². The average molecular weight is 401 g/mol. The van der Waals surface area contributed by atoms with Gasteiger partial charge in [-0.05, 0) is 30.5 Å². The van der Waals surface area contributed by atoms with Gasteiger partial charge in [0.05, 0.1) is 13.7 Å². The third-order valence-electron chi connectivity index (χ3n) is 6.90. The van der Waals surface area contributed by atoms with Gasteiger partial charge in [-0.2, -0.15) is 0 Å². The second-order valence-electron chi connectivity index (χ2n) is 8.76. The zero-order valence-electron chi connectivity index (χ0n) is 17.9. The molecule has 0 radical (unpaired) electrons. The molecule has 1 saturated carbocycles. The summed E-state index contributed by atoms with van der Waals surface area (Å²) < 4.78 is 5.23. The Morgan fingerprint density at radius 3 is 2.14 bits per heavy atom. The Bertz CT molecular complexity index is 643. The van der Waals surface area contributed by atoms with Gasteiger partial charge < -0.3 is 9.64 Å². The number of rotatable bonds is 6. The smallest absolute Gasteiger partial charge is 0.236 e. The zero-order chi connectivity index (χ0) is 20.1. The third-order valence-corrected chi connectivity index (χ3v) is 6.90. The molecule has 2 heterocycles. The summed E-state index contributed by atoms with van der Waals surface area (Å²) in [5.41, 5.74) is 1.30. The van der Waals surface area contributed by atoms with E-state index < -0.39 is 0 Å². The van der Waals surface area contributed by atoms with Crippen LogP contribution in [0.2, 0.25) is 0 Å². The van der Waals surface area contributed by atoms with E-state index in [0.29, 0.717) is 12.5 Å². The number of ether oxygens (including phenoxy) is 1. The lowest BCUT2D eigenvalue weighted by Gasteiger charge is -2.39. The van der Waals surface area contributed by atoms with E-state index in [0.717, 1.165) is 70.7 Å². The van der Waals surface area contributed by atoms with Crippen molar-refractivity contribution in [2.45, 2.75) is 38.3 Å². The number of hydrogen-bond acceptors (Lipinski definition) is 5. The Morgan fingerprint density at radius 2 is 1.52 bits per heavy atom. The van der Waals surface area contributed by atoms with E-state index in [9.17, 15) is 4.79 Å². The number of methoxy groups -OCH3 is 1. The van der Waals surface area contributed by atoms with E-state index in [4.69, 9.17) is 4.74 Å². The first kappa shape index (κ1) is 20.6. The standard InChI is InChI=1S/C23H36N4O2/c1-29-22-8-6-20(7-9-22)18-24-12-16-27(17-13-24)23(28)19-25-10-14-26(15-11-25)21-4-2-3-5-21/h6-9,21H,2-5,10-19H2,1H3. The van der Waals surface area contributed by atoms with Gasteiger partial charge in [0.25, 0.3) is 0 Å². The summed E-state index contributed by atoms with van der Waals surface area (Å²) in [5.74, 6) is 1.21. The van der Waals surface area contributed by atoms with Crippen molar-refractivity contribution in [3.8, 4) is 5.75 Å². The number of benzene rings is 1. The molecule has 1 aromatic carbocycles. The first-order valence-electron chi connectivity index (χ1n) is 11.3. The van der Waals surface area contributed by atoms with Crippen LogP contribution in [-0.2, 0) is 11.3 Å². The number of piperazine rings is 2. The second kappa shape index (κ2) is 9.92. The highest BCUT2D eigenvalue weighted by Crippen LogP contribution is 2.24. The van der Waals surface area contributed by atoms with Crippen LogP contribution in [0.25, 0.3) is 0 Å². The lowest BCUT2D eigenvalue weighted by molar-refractivity contribution is -0.134.